The number of hydrogen-bond donors (Lipinski definition) is 1. The SMILES string of the molecule is FC(F)(F)c1c(Br)c[nH]c1Br. The highest BCUT2D eigenvalue weighted by Gasteiger charge is 2.36. The lowest BCUT2D eigenvalue weighted by atomic mass is 10.3. The van der Waals surface area contributed by atoms with Gasteiger partial charge in [-0.2, -0.15) is 13.2 Å². The molecule has 1 aromatic heterocycles. The molecule has 0 bridgehead atoms. The van der Waals surface area contributed by atoms with Crippen LogP contribution in [0.3, 0.4) is 0 Å². The fourth-order valence-electron chi connectivity index (χ4n) is 0.636. The Morgan fingerprint density at radius 3 is 2.00 bits per heavy atom. The van der Waals surface area contributed by atoms with Crippen molar-refractivity contribution in [2.75, 3.05) is 0 Å². The van der Waals surface area contributed by atoms with Gasteiger partial charge in [-0.1, -0.05) is 0 Å². The Morgan fingerprint density at radius 1 is 1.27 bits per heavy atom. The molecule has 0 aliphatic heterocycles. The van der Waals surface area contributed by atoms with Crippen molar-refractivity contribution < 1.29 is 13.2 Å². The summed E-state index contributed by atoms with van der Waals surface area (Å²) in [6, 6.07) is 0. The Morgan fingerprint density at radius 2 is 1.82 bits per heavy atom. The Hall–Kier alpha value is 0.0300. The summed E-state index contributed by atoms with van der Waals surface area (Å²) in [4.78, 5) is 2.39. The summed E-state index contributed by atoms with van der Waals surface area (Å²) in [5.41, 5.74) is -0.711. The Kier molecular flexibility index (Phi) is 2.34. The summed E-state index contributed by atoms with van der Waals surface area (Å²) in [7, 11) is 0. The minimum atomic E-state index is -4.32. The van der Waals surface area contributed by atoms with Gasteiger partial charge in [0, 0.05) is 10.7 Å². The van der Waals surface area contributed by atoms with Crippen LogP contribution in [-0.2, 0) is 6.18 Å². The van der Waals surface area contributed by atoms with Crippen LogP contribution in [0.15, 0.2) is 15.3 Å². The third kappa shape index (κ3) is 1.79. The molecule has 0 saturated carbocycles. The number of rotatable bonds is 0. The van der Waals surface area contributed by atoms with Gasteiger partial charge in [0.2, 0.25) is 0 Å². The molecule has 1 N–H and O–H groups in total. The quantitative estimate of drug-likeness (QED) is 0.753. The number of halogens is 5. The molecule has 0 radical (unpaired) electrons. The molecular formula is C5H2Br2F3N. The van der Waals surface area contributed by atoms with Crippen molar-refractivity contribution in [3.63, 3.8) is 0 Å². The maximum absolute atomic E-state index is 12.1. The van der Waals surface area contributed by atoms with E-state index in [1.54, 1.807) is 0 Å². The van der Waals surface area contributed by atoms with Gasteiger partial charge in [-0.25, -0.2) is 0 Å². The summed E-state index contributed by atoms with van der Waals surface area (Å²) < 4.78 is 36.1. The zero-order valence-corrected chi connectivity index (χ0v) is 8.14. The zero-order valence-electron chi connectivity index (χ0n) is 4.97. The van der Waals surface area contributed by atoms with E-state index >= 15 is 0 Å². The van der Waals surface area contributed by atoms with Gasteiger partial charge in [0.05, 0.1) is 4.60 Å². The Labute approximate surface area is 77.2 Å². The van der Waals surface area contributed by atoms with Gasteiger partial charge in [-0.05, 0) is 31.9 Å². The molecule has 0 aliphatic carbocycles. The topological polar surface area (TPSA) is 15.8 Å². The minimum Gasteiger partial charge on any atom is -0.354 e. The monoisotopic (exact) mass is 291 g/mol. The molecule has 0 aliphatic rings. The van der Waals surface area contributed by atoms with Gasteiger partial charge in [0.25, 0.3) is 0 Å². The van der Waals surface area contributed by atoms with E-state index < -0.39 is 11.7 Å². The largest absolute Gasteiger partial charge is 0.420 e. The predicted octanol–water partition coefficient (Wildman–Crippen LogP) is 3.56. The van der Waals surface area contributed by atoms with Crippen molar-refractivity contribution in [2.24, 2.45) is 0 Å². The zero-order chi connectivity index (χ0) is 8.65. The van der Waals surface area contributed by atoms with Gasteiger partial charge < -0.3 is 4.98 Å². The maximum Gasteiger partial charge on any atom is 0.420 e. The Balaban J connectivity index is 3.21. The van der Waals surface area contributed by atoms with Crippen molar-refractivity contribution in [1.29, 1.82) is 0 Å². The summed E-state index contributed by atoms with van der Waals surface area (Å²) in [6.45, 7) is 0. The molecule has 6 heteroatoms. The van der Waals surface area contributed by atoms with Crippen LogP contribution in [0.25, 0.3) is 0 Å². The molecule has 0 saturated heterocycles. The van der Waals surface area contributed by atoms with Gasteiger partial charge in [-0.3, -0.25) is 0 Å². The minimum absolute atomic E-state index is 0.0110. The third-order valence-electron chi connectivity index (χ3n) is 1.07. The van der Waals surface area contributed by atoms with Crippen LogP contribution in [0, 0.1) is 0 Å². The third-order valence-corrected chi connectivity index (χ3v) is 2.32. The Bertz CT molecular complexity index is 246. The van der Waals surface area contributed by atoms with E-state index in [4.69, 9.17) is 0 Å². The summed E-state index contributed by atoms with van der Waals surface area (Å²) in [5.74, 6) is 0. The highest BCUT2D eigenvalue weighted by Crippen LogP contribution is 2.39. The van der Waals surface area contributed by atoms with Crippen LogP contribution in [0.4, 0.5) is 13.2 Å². The normalized spacial score (nSPS) is 12.1. The van der Waals surface area contributed by atoms with Gasteiger partial charge in [0.15, 0.2) is 0 Å². The van der Waals surface area contributed by atoms with Gasteiger partial charge >= 0.3 is 6.18 Å². The van der Waals surface area contributed by atoms with Crippen LogP contribution >= 0.6 is 31.9 Å². The number of aromatic nitrogens is 1. The first-order chi connectivity index (χ1) is 4.93. The lowest BCUT2D eigenvalue weighted by Crippen LogP contribution is -2.04. The number of H-pyrrole nitrogens is 1. The average Bonchev–Trinajstić information content (AvgIpc) is 2.08. The molecule has 0 spiro atoms. The highest BCUT2D eigenvalue weighted by atomic mass is 79.9. The van der Waals surface area contributed by atoms with E-state index in [1.807, 2.05) is 0 Å². The molecular weight excluding hydrogens is 291 g/mol. The number of nitrogens with one attached hydrogen (secondary N) is 1. The standard InChI is InChI=1S/C5H2Br2F3N/c6-2-1-11-4(7)3(2)5(8,9)10/h1,11H. The first-order valence-corrected chi connectivity index (χ1v) is 4.11. The van der Waals surface area contributed by atoms with Crippen LogP contribution in [0.2, 0.25) is 0 Å². The van der Waals surface area contributed by atoms with Crippen LogP contribution < -0.4 is 0 Å². The molecule has 62 valence electrons. The van der Waals surface area contributed by atoms with E-state index in [0.717, 1.165) is 0 Å². The molecule has 0 aromatic carbocycles. The molecule has 0 amide bonds. The van der Waals surface area contributed by atoms with Gasteiger partial charge in [0.1, 0.15) is 5.56 Å². The average molecular weight is 293 g/mol. The molecule has 0 fully saturated rings. The smallest absolute Gasteiger partial charge is 0.354 e. The summed E-state index contributed by atoms with van der Waals surface area (Å²) in [5, 5.41) is 0. The first kappa shape index (κ1) is 9.12. The maximum atomic E-state index is 12.1. The van der Waals surface area contributed by atoms with E-state index in [2.05, 4.69) is 36.8 Å². The van der Waals surface area contributed by atoms with Crippen molar-refractivity contribution in [2.45, 2.75) is 6.18 Å². The van der Waals surface area contributed by atoms with E-state index in [-0.39, 0.29) is 9.08 Å². The summed E-state index contributed by atoms with van der Waals surface area (Å²) in [6.07, 6.45) is -3.09. The van der Waals surface area contributed by atoms with E-state index in [0.29, 0.717) is 0 Å². The van der Waals surface area contributed by atoms with E-state index in [9.17, 15) is 13.2 Å². The number of hydrogen-bond acceptors (Lipinski definition) is 0. The van der Waals surface area contributed by atoms with Crippen molar-refractivity contribution in [1.82, 2.24) is 4.98 Å². The second-order valence-electron chi connectivity index (χ2n) is 1.82. The molecule has 1 aromatic rings. The van der Waals surface area contributed by atoms with Crippen molar-refractivity contribution in [3.8, 4) is 0 Å². The first-order valence-electron chi connectivity index (χ1n) is 2.52. The van der Waals surface area contributed by atoms with E-state index in [1.165, 1.54) is 6.20 Å². The summed E-state index contributed by atoms with van der Waals surface area (Å²) >= 11 is 5.52. The fraction of sp³-hybridized carbons (Fsp3) is 0.200. The highest BCUT2D eigenvalue weighted by molar-refractivity contribution is 9.11. The predicted molar refractivity (Wildman–Crippen MR) is 41.2 cm³/mol. The molecule has 1 nitrogen and oxygen atoms in total. The van der Waals surface area contributed by atoms with Crippen molar-refractivity contribution >= 4 is 31.9 Å². The van der Waals surface area contributed by atoms with Crippen LogP contribution in [0.5, 0.6) is 0 Å². The lowest BCUT2D eigenvalue weighted by Gasteiger charge is -2.04. The van der Waals surface area contributed by atoms with Crippen LogP contribution in [-0.4, -0.2) is 4.98 Å². The second kappa shape index (κ2) is 2.82. The van der Waals surface area contributed by atoms with Gasteiger partial charge in [-0.15, -0.1) is 0 Å². The van der Waals surface area contributed by atoms with Crippen LogP contribution in [0.1, 0.15) is 5.56 Å². The lowest BCUT2D eigenvalue weighted by molar-refractivity contribution is -0.138. The number of aromatic amines is 1. The van der Waals surface area contributed by atoms with Crippen molar-refractivity contribution in [3.05, 3.63) is 20.8 Å². The number of alkyl halides is 3. The second-order valence-corrected chi connectivity index (χ2v) is 3.47. The fourth-order valence-corrected chi connectivity index (χ4v) is 1.99. The molecule has 11 heavy (non-hydrogen) atoms. The molecule has 1 heterocycles. The molecule has 1 rings (SSSR count). The molecule has 0 atom stereocenters. The molecule has 0 unspecified atom stereocenters.